The van der Waals surface area contributed by atoms with Gasteiger partial charge in [0, 0.05) is 31.6 Å². The largest absolute Gasteiger partial charge is 0.497 e. The van der Waals surface area contributed by atoms with Gasteiger partial charge >= 0.3 is 0 Å². The molecular weight excluding hydrogens is 362 g/mol. The number of nitrogens with zero attached hydrogens (tertiary/aromatic N) is 1. The number of morpholine rings is 1. The first-order chi connectivity index (χ1) is 12.5. The highest BCUT2D eigenvalue weighted by atomic mass is 35.5. The van der Waals surface area contributed by atoms with Crippen LogP contribution in [0.1, 0.15) is 31.4 Å². The number of para-hydroxylation sites is 1. The van der Waals surface area contributed by atoms with E-state index < -0.39 is 0 Å². The van der Waals surface area contributed by atoms with Crippen molar-refractivity contribution in [1.29, 1.82) is 0 Å². The molecule has 0 radical (unpaired) electrons. The van der Waals surface area contributed by atoms with Crippen molar-refractivity contribution in [2.75, 3.05) is 26.8 Å². The minimum Gasteiger partial charge on any atom is -0.497 e. The van der Waals surface area contributed by atoms with Gasteiger partial charge in [0.2, 0.25) is 0 Å². The van der Waals surface area contributed by atoms with Crippen molar-refractivity contribution in [1.82, 2.24) is 4.90 Å². The predicted octanol–water partition coefficient (Wildman–Crippen LogP) is 4.41. The summed E-state index contributed by atoms with van der Waals surface area (Å²) in [5.74, 6) is 1.86. The van der Waals surface area contributed by atoms with Gasteiger partial charge in [0.25, 0.3) is 0 Å². The van der Waals surface area contributed by atoms with E-state index in [4.69, 9.17) is 14.2 Å². The Morgan fingerprint density at radius 3 is 2.74 bits per heavy atom. The average molecular weight is 390 g/mol. The Balaban J connectivity index is 0.00000210. The van der Waals surface area contributed by atoms with Crippen LogP contribution >= 0.6 is 12.4 Å². The van der Waals surface area contributed by atoms with E-state index in [1.807, 2.05) is 12.1 Å². The molecule has 2 aliphatic heterocycles. The topological polar surface area (TPSA) is 30.9 Å². The fraction of sp³-hybridized carbons (Fsp3) is 0.455. The highest BCUT2D eigenvalue weighted by Crippen LogP contribution is 2.47. The van der Waals surface area contributed by atoms with Crippen LogP contribution in [0.15, 0.2) is 48.5 Å². The molecule has 0 amide bonds. The van der Waals surface area contributed by atoms with Gasteiger partial charge in [-0.05, 0) is 37.6 Å². The van der Waals surface area contributed by atoms with Crippen LogP contribution in [-0.4, -0.2) is 37.3 Å². The summed E-state index contributed by atoms with van der Waals surface area (Å²) in [7, 11) is 1.71. The molecule has 2 aliphatic rings. The second kappa shape index (κ2) is 7.70. The summed E-state index contributed by atoms with van der Waals surface area (Å²) in [6, 6.07) is 16.6. The molecule has 5 heteroatoms. The lowest BCUT2D eigenvalue weighted by atomic mass is 9.79. The summed E-state index contributed by atoms with van der Waals surface area (Å²) in [6.07, 6.45) is 0.853. The van der Waals surface area contributed by atoms with Gasteiger partial charge in [0.15, 0.2) is 0 Å². The molecule has 1 atom stereocenters. The second-order valence-electron chi connectivity index (χ2n) is 7.94. The van der Waals surface area contributed by atoms with E-state index >= 15 is 0 Å². The number of ether oxygens (including phenoxy) is 3. The van der Waals surface area contributed by atoms with Crippen LogP contribution in [0.5, 0.6) is 11.5 Å². The van der Waals surface area contributed by atoms with Crippen molar-refractivity contribution < 1.29 is 14.2 Å². The molecule has 2 aromatic carbocycles. The lowest BCUT2D eigenvalue weighted by Crippen LogP contribution is -2.55. The second-order valence-corrected chi connectivity index (χ2v) is 7.94. The van der Waals surface area contributed by atoms with Gasteiger partial charge < -0.3 is 14.2 Å². The highest BCUT2D eigenvalue weighted by Gasteiger charge is 2.48. The molecule has 0 aliphatic carbocycles. The van der Waals surface area contributed by atoms with E-state index in [0.717, 1.165) is 44.2 Å². The first kappa shape index (κ1) is 20.0. The van der Waals surface area contributed by atoms with Crippen molar-refractivity contribution in [3.05, 3.63) is 59.7 Å². The van der Waals surface area contributed by atoms with Gasteiger partial charge in [-0.25, -0.2) is 0 Å². The summed E-state index contributed by atoms with van der Waals surface area (Å²) in [5, 5.41) is 0. The zero-order chi connectivity index (χ0) is 18.2. The minimum atomic E-state index is -0.310. The third-order valence-corrected chi connectivity index (χ3v) is 5.28. The Labute approximate surface area is 167 Å². The molecule has 2 heterocycles. The van der Waals surface area contributed by atoms with E-state index in [1.54, 1.807) is 7.11 Å². The highest BCUT2D eigenvalue weighted by molar-refractivity contribution is 5.85. The Morgan fingerprint density at radius 2 is 1.93 bits per heavy atom. The SMILES string of the molecule is COc1cccc(CN2CCOC3(C2)CC(C)(C)Oc2ccccc23)c1.Cl. The lowest BCUT2D eigenvalue weighted by Gasteiger charge is -2.50. The molecule has 1 saturated heterocycles. The molecule has 0 bridgehead atoms. The third-order valence-electron chi connectivity index (χ3n) is 5.28. The molecule has 1 unspecified atom stereocenters. The number of methoxy groups -OCH3 is 1. The summed E-state index contributed by atoms with van der Waals surface area (Å²) in [4.78, 5) is 2.48. The first-order valence-corrected chi connectivity index (χ1v) is 9.28. The average Bonchev–Trinajstić information content (AvgIpc) is 2.61. The third kappa shape index (κ3) is 4.08. The normalized spacial score (nSPS) is 23.8. The Kier molecular flexibility index (Phi) is 5.71. The van der Waals surface area contributed by atoms with Gasteiger partial charge in [0.05, 0.1) is 13.7 Å². The smallest absolute Gasteiger partial charge is 0.126 e. The fourth-order valence-electron chi connectivity index (χ4n) is 4.34. The molecule has 146 valence electrons. The van der Waals surface area contributed by atoms with Crippen molar-refractivity contribution in [2.24, 2.45) is 0 Å². The Morgan fingerprint density at radius 1 is 1.11 bits per heavy atom. The van der Waals surface area contributed by atoms with E-state index in [9.17, 15) is 0 Å². The van der Waals surface area contributed by atoms with E-state index in [2.05, 4.69) is 55.1 Å². The standard InChI is InChI=1S/C22H27NO3.ClH/c1-21(2)15-22(19-9-4-5-10-20(19)26-21)16-23(11-12-25-22)14-17-7-6-8-18(13-17)24-3;/h4-10,13H,11-12,14-16H2,1-3H3;1H. The van der Waals surface area contributed by atoms with Crippen LogP contribution in [0, 0.1) is 0 Å². The van der Waals surface area contributed by atoms with Crippen molar-refractivity contribution in [3.63, 3.8) is 0 Å². The van der Waals surface area contributed by atoms with Crippen molar-refractivity contribution in [2.45, 2.75) is 38.0 Å². The zero-order valence-electron chi connectivity index (χ0n) is 16.2. The van der Waals surface area contributed by atoms with Crippen LogP contribution in [0.3, 0.4) is 0 Å². The molecule has 27 heavy (non-hydrogen) atoms. The number of rotatable bonds is 3. The number of halogens is 1. The van der Waals surface area contributed by atoms with E-state index in [1.165, 1.54) is 11.1 Å². The maximum Gasteiger partial charge on any atom is 0.126 e. The van der Waals surface area contributed by atoms with Gasteiger partial charge in [0.1, 0.15) is 22.7 Å². The molecule has 0 N–H and O–H groups in total. The van der Waals surface area contributed by atoms with Crippen LogP contribution < -0.4 is 9.47 Å². The maximum absolute atomic E-state index is 6.43. The molecule has 2 aromatic rings. The molecule has 1 spiro atoms. The van der Waals surface area contributed by atoms with Gasteiger partial charge in [-0.15, -0.1) is 12.4 Å². The lowest BCUT2D eigenvalue weighted by molar-refractivity contribution is -0.157. The number of hydrogen-bond donors (Lipinski definition) is 0. The molecule has 4 nitrogen and oxygen atoms in total. The molecule has 1 fully saturated rings. The molecule has 4 rings (SSSR count). The summed E-state index contributed by atoms with van der Waals surface area (Å²) in [5.41, 5.74) is 1.89. The van der Waals surface area contributed by atoms with E-state index in [-0.39, 0.29) is 23.6 Å². The van der Waals surface area contributed by atoms with Crippen LogP contribution in [-0.2, 0) is 16.9 Å². The van der Waals surface area contributed by atoms with Gasteiger partial charge in [-0.2, -0.15) is 0 Å². The zero-order valence-corrected chi connectivity index (χ0v) is 17.1. The minimum absolute atomic E-state index is 0. The van der Waals surface area contributed by atoms with Crippen LogP contribution in [0.2, 0.25) is 0 Å². The van der Waals surface area contributed by atoms with Crippen molar-refractivity contribution >= 4 is 12.4 Å². The van der Waals surface area contributed by atoms with Gasteiger partial charge in [-0.1, -0.05) is 30.3 Å². The van der Waals surface area contributed by atoms with Crippen LogP contribution in [0.25, 0.3) is 0 Å². The van der Waals surface area contributed by atoms with E-state index in [0.29, 0.717) is 0 Å². The molecule has 0 saturated carbocycles. The summed E-state index contributed by atoms with van der Waals surface area (Å²) >= 11 is 0. The molecule has 0 aromatic heterocycles. The Hall–Kier alpha value is -1.75. The fourth-order valence-corrected chi connectivity index (χ4v) is 4.34. The summed E-state index contributed by atoms with van der Waals surface area (Å²) in [6.45, 7) is 7.72. The number of benzene rings is 2. The number of fused-ring (bicyclic) bond motifs is 2. The van der Waals surface area contributed by atoms with Crippen molar-refractivity contribution in [3.8, 4) is 11.5 Å². The summed E-state index contributed by atoms with van der Waals surface area (Å²) < 4.78 is 18.0. The monoisotopic (exact) mass is 389 g/mol. The molecular formula is C22H28ClNO3. The maximum atomic E-state index is 6.43. The Bertz CT molecular complexity index is 795. The first-order valence-electron chi connectivity index (χ1n) is 9.28. The number of hydrogen-bond acceptors (Lipinski definition) is 4. The van der Waals surface area contributed by atoms with Gasteiger partial charge in [-0.3, -0.25) is 4.90 Å². The van der Waals surface area contributed by atoms with Crippen LogP contribution in [0.4, 0.5) is 0 Å². The quantitative estimate of drug-likeness (QED) is 0.778. The predicted molar refractivity (Wildman–Crippen MR) is 109 cm³/mol.